The molecule has 0 radical (unpaired) electrons. The summed E-state index contributed by atoms with van der Waals surface area (Å²) in [4.78, 5) is 24.0. The molecule has 0 aliphatic carbocycles. The summed E-state index contributed by atoms with van der Waals surface area (Å²) in [6.07, 6.45) is 0. The third-order valence-corrected chi connectivity index (χ3v) is 3.44. The summed E-state index contributed by atoms with van der Waals surface area (Å²) < 4.78 is 23.8. The number of benzene rings is 2. The van der Waals surface area contributed by atoms with Crippen LogP contribution in [0.5, 0.6) is 11.5 Å². The molecule has 0 fully saturated rings. The van der Waals surface area contributed by atoms with Gasteiger partial charge in [0.2, 0.25) is 0 Å². The highest BCUT2D eigenvalue weighted by atomic mass is 35.5. The summed E-state index contributed by atoms with van der Waals surface area (Å²) in [5.41, 5.74) is 4.15. The quantitative estimate of drug-likeness (QED) is 0.829. The largest absolute Gasteiger partial charge is 0.493 e. The third kappa shape index (κ3) is 3.75. The summed E-state index contributed by atoms with van der Waals surface area (Å²) in [6.45, 7) is 0. The van der Waals surface area contributed by atoms with Gasteiger partial charge in [-0.15, -0.1) is 0 Å². The highest BCUT2D eigenvalue weighted by molar-refractivity contribution is 6.33. The van der Waals surface area contributed by atoms with Gasteiger partial charge >= 0.3 is 0 Å². The normalized spacial score (nSPS) is 10.0. The average Bonchev–Trinajstić information content (AvgIpc) is 2.58. The Morgan fingerprint density at radius 2 is 1.67 bits per heavy atom. The second-order valence-electron chi connectivity index (χ2n) is 4.57. The lowest BCUT2D eigenvalue weighted by Crippen LogP contribution is -2.42. The molecule has 0 aliphatic heterocycles. The zero-order chi connectivity index (χ0) is 17.7. The van der Waals surface area contributed by atoms with Crippen molar-refractivity contribution < 1.29 is 23.5 Å². The van der Waals surface area contributed by atoms with Crippen molar-refractivity contribution in [2.75, 3.05) is 14.2 Å². The van der Waals surface area contributed by atoms with Crippen LogP contribution in [0.1, 0.15) is 20.7 Å². The average molecular weight is 353 g/mol. The number of rotatable bonds is 4. The zero-order valence-electron chi connectivity index (χ0n) is 12.9. The fourth-order valence-corrected chi connectivity index (χ4v) is 2.19. The van der Waals surface area contributed by atoms with Gasteiger partial charge in [-0.2, -0.15) is 0 Å². The number of carbonyl (C=O) groups excluding carboxylic acids is 2. The molecule has 0 saturated heterocycles. The van der Waals surface area contributed by atoms with E-state index in [1.165, 1.54) is 38.5 Å². The predicted octanol–water partition coefficient (Wildman–Crippen LogP) is 2.57. The van der Waals surface area contributed by atoms with E-state index in [4.69, 9.17) is 21.1 Å². The molecule has 0 atom stereocenters. The molecule has 2 aromatic rings. The Morgan fingerprint density at radius 3 is 2.29 bits per heavy atom. The maximum atomic E-state index is 13.6. The Balaban J connectivity index is 2.09. The SMILES string of the molecule is COc1ccc(C(=O)NNC(=O)c2c(F)cccc2Cl)cc1OC. The molecule has 0 aromatic heterocycles. The number of nitrogens with one attached hydrogen (secondary N) is 2. The van der Waals surface area contributed by atoms with E-state index < -0.39 is 17.6 Å². The first kappa shape index (κ1) is 17.6. The maximum Gasteiger partial charge on any atom is 0.274 e. The molecule has 0 aliphatic rings. The highest BCUT2D eigenvalue weighted by Crippen LogP contribution is 2.27. The van der Waals surface area contributed by atoms with E-state index >= 15 is 0 Å². The summed E-state index contributed by atoms with van der Waals surface area (Å²) >= 11 is 5.79. The molecule has 2 aromatic carbocycles. The molecule has 2 amide bonds. The van der Waals surface area contributed by atoms with E-state index in [-0.39, 0.29) is 16.1 Å². The lowest BCUT2D eigenvalue weighted by atomic mass is 10.2. The minimum Gasteiger partial charge on any atom is -0.493 e. The van der Waals surface area contributed by atoms with Crippen LogP contribution in [0.4, 0.5) is 4.39 Å². The van der Waals surface area contributed by atoms with Gasteiger partial charge in [-0.05, 0) is 30.3 Å². The molecule has 24 heavy (non-hydrogen) atoms. The molecule has 6 nitrogen and oxygen atoms in total. The van der Waals surface area contributed by atoms with E-state index in [2.05, 4.69) is 10.9 Å². The number of amides is 2. The lowest BCUT2D eigenvalue weighted by molar-refractivity contribution is 0.0844. The highest BCUT2D eigenvalue weighted by Gasteiger charge is 2.17. The first-order chi connectivity index (χ1) is 11.5. The van der Waals surface area contributed by atoms with Gasteiger partial charge in [-0.1, -0.05) is 17.7 Å². The van der Waals surface area contributed by atoms with Crippen molar-refractivity contribution >= 4 is 23.4 Å². The van der Waals surface area contributed by atoms with Gasteiger partial charge < -0.3 is 9.47 Å². The van der Waals surface area contributed by atoms with Crippen molar-refractivity contribution in [3.8, 4) is 11.5 Å². The van der Waals surface area contributed by atoms with Crippen molar-refractivity contribution in [2.45, 2.75) is 0 Å². The van der Waals surface area contributed by atoms with Gasteiger partial charge in [0.1, 0.15) is 5.82 Å². The van der Waals surface area contributed by atoms with E-state index in [0.717, 1.165) is 6.07 Å². The minimum atomic E-state index is -0.869. The Bertz CT molecular complexity index is 762. The fourth-order valence-electron chi connectivity index (χ4n) is 1.94. The van der Waals surface area contributed by atoms with Crippen LogP contribution in [-0.4, -0.2) is 26.0 Å². The van der Waals surface area contributed by atoms with Crippen molar-refractivity contribution in [3.05, 3.63) is 58.4 Å². The lowest BCUT2D eigenvalue weighted by Gasteiger charge is -2.11. The number of ether oxygens (including phenoxy) is 2. The topological polar surface area (TPSA) is 76.7 Å². The molecular weight excluding hydrogens is 339 g/mol. The van der Waals surface area contributed by atoms with Crippen molar-refractivity contribution in [1.29, 1.82) is 0 Å². The van der Waals surface area contributed by atoms with Gasteiger partial charge in [-0.3, -0.25) is 20.4 Å². The first-order valence-corrected chi connectivity index (χ1v) is 7.12. The van der Waals surface area contributed by atoms with Crippen LogP contribution in [0.15, 0.2) is 36.4 Å². The number of hydrogen-bond acceptors (Lipinski definition) is 4. The minimum absolute atomic E-state index is 0.0622. The van der Waals surface area contributed by atoms with Crippen molar-refractivity contribution in [2.24, 2.45) is 0 Å². The molecule has 8 heteroatoms. The van der Waals surface area contributed by atoms with E-state index in [1.54, 1.807) is 6.07 Å². The van der Waals surface area contributed by atoms with Crippen LogP contribution in [0, 0.1) is 5.82 Å². The standard InChI is InChI=1S/C16H14ClFN2O4/c1-23-12-7-6-9(8-13(12)24-2)15(21)19-20-16(22)14-10(17)4-3-5-11(14)18/h3-8H,1-2H3,(H,19,21)(H,20,22). The molecule has 0 unspecified atom stereocenters. The van der Waals surface area contributed by atoms with Crippen LogP contribution in [-0.2, 0) is 0 Å². The van der Waals surface area contributed by atoms with E-state index in [0.29, 0.717) is 11.5 Å². The maximum absolute atomic E-state index is 13.6. The van der Waals surface area contributed by atoms with Crippen LogP contribution >= 0.6 is 11.6 Å². The molecule has 2 rings (SSSR count). The van der Waals surface area contributed by atoms with Crippen LogP contribution < -0.4 is 20.3 Å². The van der Waals surface area contributed by atoms with E-state index in [1.807, 2.05) is 0 Å². The number of halogens is 2. The predicted molar refractivity (Wildman–Crippen MR) is 85.9 cm³/mol. The second kappa shape index (κ2) is 7.65. The summed E-state index contributed by atoms with van der Waals surface area (Å²) in [5.74, 6) is -1.46. The molecule has 0 heterocycles. The Labute approximate surface area is 142 Å². The van der Waals surface area contributed by atoms with Crippen LogP contribution in [0.2, 0.25) is 5.02 Å². The fraction of sp³-hybridized carbons (Fsp3) is 0.125. The number of methoxy groups -OCH3 is 2. The molecule has 2 N–H and O–H groups in total. The Kier molecular flexibility index (Phi) is 5.59. The van der Waals surface area contributed by atoms with Crippen molar-refractivity contribution in [1.82, 2.24) is 10.9 Å². The van der Waals surface area contributed by atoms with Crippen molar-refractivity contribution in [3.63, 3.8) is 0 Å². The monoisotopic (exact) mass is 352 g/mol. The van der Waals surface area contributed by atoms with Gasteiger partial charge in [0.05, 0.1) is 24.8 Å². The first-order valence-electron chi connectivity index (χ1n) is 6.74. The Morgan fingerprint density at radius 1 is 1.00 bits per heavy atom. The zero-order valence-corrected chi connectivity index (χ0v) is 13.6. The summed E-state index contributed by atoms with van der Waals surface area (Å²) in [7, 11) is 2.90. The smallest absolute Gasteiger partial charge is 0.274 e. The summed E-state index contributed by atoms with van der Waals surface area (Å²) in [6, 6.07) is 8.31. The van der Waals surface area contributed by atoms with Gasteiger partial charge in [0, 0.05) is 5.56 Å². The van der Waals surface area contributed by atoms with Gasteiger partial charge in [-0.25, -0.2) is 4.39 Å². The summed E-state index contributed by atoms with van der Waals surface area (Å²) in [5, 5.41) is -0.0622. The number of carbonyl (C=O) groups is 2. The molecule has 0 spiro atoms. The van der Waals surface area contributed by atoms with Gasteiger partial charge in [0.25, 0.3) is 11.8 Å². The molecule has 0 bridgehead atoms. The van der Waals surface area contributed by atoms with Crippen LogP contribution in [0.3, 0.4) is 0 Å². The third-order valence-electron chi connectivity index (χ3n) is 3.13. The van der Waals surface area contributed by atoms with E-state index in [9.17, 15) is 14.0 Å². The van der Waals surface area contributed by atoms with Gasteiger partial charge in [0.15, 0.2) is 11.5 Å². The molecular formula is C16H14ClFN2O4. The molecule has 0 saturated carbocycles. The number of hydrazine groups is 1. The molecule has 126 valence electrons. The van der Waals surface area contributed by atoms with Crippen LogP contribution in [0.25, 0.3) is 0 Å². The number of hydrogen-bond donors (Lipinski definition) is 2. The second-order valence-corrected chi connectivity index (χ2v) is 4.98. The Hall–Kier alpha value is -2.80.